The Bertz CT molecular complexity index is 375. The van der Waals surface area contributed by atoms with Gasteiger partial charge in [0.2, 0.25) is 0 Å². The van der Waals surface area contributed by atoms with E-state index in [4.69, 9.17) is 0 Å². The van der Waals surface area contributed by atoms with Gasteiger partial charge >= 0.3 is 0 Å². The van der Waals surface area contributed by atoms with E-state index in [1.165, 1.54) is 0 Å². The van der Waals surface area contributed by atoms with Gasteiger partial charge in [-0.2, -0.15) is 0 Å². The van der Waals surface area contributed by atoms with Crippen molar-refractivity contribution in [2.24, 2.45) is 0 Å². The van der Waals surface area contributed by atoms with Crippen LogP contribution in [0, 0.1) is 23.7 Å². The molecule has 0 spiro atoms. The highest BCUT2D eigenvalue weighted by molar-refractivity contribution is 5.38. The van der Waals surface area contributed by atoms with E-state index in [2.05, 4.69) is 36.8 Å². The smallest absolute Gasteiger partial charge is 0.144 e. The Morgan fingerprint density at radius 2 is 1.12 bits per heavy atom. The van der Waals surface area contributed by atoms with Gasteiger partial charge < -0.3 is 10.2 Å². The van der Waals surface area contributed by atoms with E-state index in [1.807, 2.05) is 0 Å². The maximum absolute atomic E-state index is 9.71. The maximum Gasteiger partial charge on any atom is 0.144 e. The molecular formula is C14H18O2. The van der Waals surface area contributed by atoms with Crippen LogP contribution in [0.5, 0.6) is 0 Å². The van der Waals surface area contributed by atoms with Crippen LogP contribution in [0.15, 0.2) is 24.3 Å². The van der Waals surface area contributed by atoms with Crippen molar-refractivity contribution in [1.82, 2.24) is 0 Å². The van der Waals surface area contributed by atoms with Crippen LogP contribution in [0.4, 0.5) is 0 Å². The van der Waals surface area contributed by atoms with Crippen LogP contribution in [-0.2, 0) is 0 Å². The molecule has 2 atom stereocenters. The Hall–Kier alpha value is -1.48. The molecule has 0 heterocycles. The van der Waals surface area contributed by atoms with Crippen molar-refractivity contribution in [3.63, 3.8) is 0 Å². The van der Waals surface area contributed by atoms with Crippen LogP contribution in [0.1, 0.15) is 27.7 Å². The Kier molecular flexibility index (Phi) is 4.57. The number of aliphatic hydroxyl groups is 2. The highest BCUT2D eigenvalue weighted by Crippen LogP contribution is 2.12. The fourth-order valence-corrected chi connectivity index (χ4v) is 0.519. The van der Waals surface area contributed by atoms with E-state index in [0.717, 1.165) is 0 Å². The first-order valence-corrected chi connectivity index (χ1v) is 4.90. The summed E-state index contributed by atoms with van der Waals surface area (Å²) in [4.78, 5) is 0. The third kappa shape index (κ3) is 4.36. The van der Waals surface area contributed by atoms with Crippen LogP contribution in [0.3, 0.4) is 0 Å². The lowest BCUT2D eigenvalue weighted by atomic mass is 9.99. The fourth-order valence-electron chi connectivity index (χ4n) is 0.519. The van der Waals surface area contributed by atoms with Crippen LogP contribution in [0.2, 0.25) is 0 Å². The highest BCUT2D eigenvalue weighted by Gasteiger charge is 2.18. The Balaban J connectivity index is 4.85. The van der Waals surface area contributed by atoms with E-state index in [1.54, 1.807) is 27.7 Å². The second-order valence-corrected chi connectivity index (χ2v) is 4.21. The first kappa shape index (κ1) is 14.5. The van der Waals surface area contributed by atoms with Crippen molar-refractivity contribution in [3.8, 4) is 23.7 Å². The predicted molar refractivity (Wildman–Crippen MR) is 66.4 cm³/mol. The van der Waals surface area contributed by atoms with Crippen molar-refractivity contribution in [2.45, 2.75) is 38.9 Å². The van der Waals surface area contributed by atoms with Crippen LogP contribution >= 0.6 is 0 Å². The Morgan fingerprint density at radius 1 is 0.875 bits per heavy atom. The average molecular weight is 218 g/mol. The molecule has 0 saturated heterocycles. The van der Waals surface area contributed by atoms with Crippen molar-refractivity contribution >= 4 is 0 Å². The number of hydrogen-bond acceptors (Lipinski definition) is 2. The van der Waals surface area contributed by atoms with E-state index in [0.29, 0.717) is 11.1 Å². The van der Waals surface area contributed by atoms with Crippen molar-refractivity contribution in [2.75, 3.05) is 0 Å². The monoisotopic (exact) mass is 218 g/mol. The van der Waals surface area contributed by atoms with Gasteiger partial charge in [-0.3, -0.25) is 0 Å². The second-order valence-electron chi connectivity index (χ2n) is 4.21. The molecule has 0 aliphatic rings. The summed E-state index contributed by atoms with van der Waals surface area (Å²) < 4.78 is 0. The van der Waals surface area contributed by atoms with Gasteiger partial charge in [0, 0.05) is 0 Å². The van der Waals surface area contributed by atoms with Crippen molar-refractivity contribution in [1.29, 1.82) is 0 Å². The molecule has 16 heavy (non-hydrogen) atoms. The molecule has 0 fully saturated rings. The van der Waals surface area contributed by atoms with E-state index in [9.17, 15) is 10.2 Å². The van der Waals surface area contributed by atoms with Gasteiger partial charge in [0.25, 0.3) is 0 Å². The van der Waals surface area contributed by atoms with Gasteiger partial charge in [0.05, 0.1) is 0 Å². The molecule has 2 N–H and O–H groups in total. The fraction of sp³-hybridized carbons (Fsp3) is 0.429. The lowest BCUT2D eigenvalue weighted by Crippen LogP contribution is -2.22. The molecule has 2 nitrogen and oxygen atoms in total. The van der Waals surface area contributed by atoms with Gasteiger partial charge in [-0.25, -0.2) is 0 Å². The topological polar surface area (TPSA) is 40.5 Å². The third-order valence-electron chi connectivity index (χ3n) is 2.34. The highest BCUT2D eigenvalue weighted by atomic mass is 16.3. The Morgan fingerprint density at radius 3 is 1.31 bits per heavy atom. The standard InChI is InChI=1S/C14H18O2/c1-11(2)13(5,15)9-7-8-10-14(6,16)12(3)4/h15-16H,1,3H2,2,4-6H3/t13-,14-/m1/s1. The molecule has 0 unspecified atom stereocenters. The summed E-state index contributed by atoms with van der Waals surface area (Å²) in [6.45, 7) is 13.7. The molecule has 0 amide bonds. The molecule has 0 aromatic carbocycles. The minimum atomic E-state index is -1.25. The summed E-state index contributed by atoms with van der Waals surface area (Å²) >= 11 is 0. The number of hydrogen-bond donors (Lipinski definition) is 2. The third-order valence-corrected chi connectivity index (χ3v) is 2.34. The van der Waals surface area contributed by atoms with E-state index >= 15 is 0 Å². The normalized spacial score (nSPS) is 16.6. The maximum atomic E-state index is 9.71. The molecule has 0 rings (SSSR count). The predicted octanol–water partition coefficient (Wildman–Crippen LogP) is 1.65. The lowest BCUT2D eigenvalue weighted by molar-refractivity contribution is 0.161. The summed E-state index contributed by atoms with van der Waals surface area (Å²) in [6, 6.07) is 0. The molecule has 0 saturated carbocycles. The molecular weight excluding hydrogens is 200 g/mol. The number of rotatable bonds is 2. The first-order chi connectivity index (χ1) is 7.09. The van der Waals surface area contributed by atoms with Gasteiger partial charge in [0.15, 0.2) is 0 Å². The summed E-state index contributed by atoms with van der Waals surface area (Å²) in [6.07, 6.45) is 0. The first-order valence-electron chi connectivity index (χ1n) is 4.90. The largest absolute Gasteiger partial charge is 0.374 e. The zero-order valence-corrected chi connectivity index (χ0v) is 10.3. The molecule has 0 aromatic heterocycles. The molecule has 0 bridgehead atoms. The molecule has 0 aliphatic heterocycles. The molecule has 0 radical (unpaired) electrons. The molecule has 0 aliphatic carbocycles. The molecule has 86 valence electrons. The van der Waals surface area contributed by atoms with E-state index in [-0.39, 0.29) is 0 Å². The summed E-state index contributed by atoms with van der Waals surface area (Å²) in [5, 5.41) is 19.4. The van der Waals surface area contributed by atoms with Gasteiger partial charge in [-0.1, -0.05) is 13.2 Å². The van der Waals surface area contributed by atoms with Gasteiger partial charge in [-0.15, -0.1) is 0 Å². The average Bonchev–Trinajstić information content (AvgIpc) is 2.12. The summed E-state index contributed by atoms with van der Waals surface area (Å²) in [5.74, 6) is 10.1. The van der Waals surface area contributed by atoms with Crippen molar-refractivity contribution in [3.05, 3.63) is 24.3 Å². The SMILES string of the molecule is C=C(C)[C@](C)(O)C#CC#C[C@@](C)(O)C(=C)C. The zero-order chi connectivity index (χ0) is 13.0. The summed E-state index contributed by atoms with van der Waals surface area (Å²) in [7, 11) is 0. The van der Waals surface area contributed by atoms with Crippen LogP contribution in [0.25, 0.3) is 0 Å². The van der Waals surface area contributed by atoms with E-state index < -0.39 is 11.2 Å². The lowest BCUT2D eigenvalue weighted by Gasteiger charge is -2.15. The second kappa shape index (κ2) is 5.03. The summed E-state index contributed by atoms with van der Waals surface area (Å²) in [5.41, 5.74) is -1.39. The molecule has 0 aromatic rings. The van der Waals surface area contributed by atoms with Crippen LogP contribution in [-0.4, -0.2) is 21.4 Å². The minimum absolute atomic E-state index is 0.550. The van der Waals surface area contributed by atoms with Crippen LogP contribution < -0.4 is 0 Å². The zero-order valence-electron chi connectivity index (χ0n) is 10.3. The van der Waals surface area contributed by atoms with Gasteiger partial charge in [-0.05, 0) is 62.5 Å². The Labute approximate surface area is 97.7 Å². The molecule has 2 heteroatoms. The van der Waals surface area contributed by atoms with Crippen molar-refractivity contribution < 1.29 is 10.2 Å². The quantitative estimate of drug-likeness (QED) is 0.546. The van der Waals surface area contributed by atoms with Gasteiger partial charge in [0.1, 0.15) is 11.2 Å². The minimum Gasteiger partial charge on any atom is -0.374 e.